The SMILES string of the molecule is CC(C(=O)Nc1ccc(I)cc1Cl)C1CNC1. The normalized spacial score (nSPS) is 17.4. The highest BCUT2D eigenvalue weighted by Gasteiger charge is 2.28. The molecule has 2 N–H and O–H groups in total. The highest BCUT2D eigenvalue weighted by molar-refractivity contribution is 14.1. The van der Waals surface area contributed by atoms with Crippen LogP contribution in [0.3, 0.4) is 0 Å². The molecule has 5 heteroatoms. The Morgan fingerprint density at radius 1 is 1.59 bits per heavy atom. The van der Waals surface area contributed by atoms with Gasteiger partial charge in [0.15, 0.2) is 0 Å². The fraction of sp³-hybridized carbons (Fsp3) is 0.417. The highest BCUT2D eigenvalue weighted by Crippen LogP contribution is 2.25. The molecule has 1 fully saturated rings. The third kappa shape index (κ3) is 3.11. The van der Waals surface area contributed by atoms with Crippen LogP contribution in [-0.2, 0) is 4.79 Å². The van der Waals surface area contributed by atoms with E-state index >= 15 is 0 Å². The van der Waals surface area contributed by atoms with Crippen molar-refractivity contribution in [1.82, 2.24) is 5.32 Å². The minimum absolute atomic E-state index is 0.0200. The van der Waals surface area contributed by atoms with E-state index in [9.17, 15) is 4.79 Å². The first-order valence-corrected chi connectivity index (χ1v) is 7.00. The quantitative estimate of drug-likeness (QED) is 0.810. The number of halogens is 2. The molecule has 0 aliphatic carbocycles. The second-order valence-corrected chi connectivity index (χ2v) is 5.97. The van der Waals surface area contributed by atoms with Crippen molar-refractivity contribution in [2.45, 2.75) is 6.92 Å². The fourth-order valence-corrected chi connectivity index (χ4v) is 2.62. The average Bonchev–Trinajstić information content (AvgIpc) is 2.19. The Labute approximate surface area is 119 Å². The maximum atomic E-state index is 12.0. The number of anilines is 1. The Morgan fingerprint density at radius 2 is 2.29 bits per heavy atom. The zero-order chi connectivity index (χ0) is 12.4. The van der Waals surface area contributed by atoms with Crippen molar-refractivity contribution >= 4 is 45.8 Å². The van der Waals surface area contributed by atoms with Gasteiger partial charge < -0.3 is 10.6 Å². The fourth-order valence-electron chi connectivity index (χ4n) is 1.72. The van der Waals surface area contributed by atoms with Gasteiger partial charge in [-0.05, 0) is 59.8 Å². The molecule has 1 aromatic carbocycles. The van der Waals surface area contributed by atoms with E-state index in [2.05, 4.69) is 33.2 Å². The van der Waals surface area contributed by atoms with E-state index in [1.807, 2.05) is 25.1 Å². The molecule has 1 unspecified atom stereocenters. The first kappa shape index (κ1) is 13.1. The van der Waals surface area contributed by atoms with Gasteiger partial charge in [0.1, 0.15) is 0 Å². The Morgan fingerprint density at radius 3 is 2.82 bits per heavy atom. The lowest BCUT2D eigenvalue weighted by atomic mass is 9.88. The van der Waals surface area contributed by atoms with Crippen LogP contribution < -0.4 is 10.6 Å². The van der Waals surface area contributed by atoms with Gasteiger partial charge in [0, 0.05) is 9.49 Å². The first-order valence-electron chi connectivity index (χ1n) is 5.54. The molecular weight excluding hydrogens is 351 g/mol. The van der Waals surface area contributed by atoms with E-state index in [-0.39, 0.29) is 11.8 Å². The van der Waals surface area contributed by atoms with Gasteiger partial charge in [-0.15, -0.1) is 0 Å². The molecule has 3 nitrogen and oxygen atoms in total. The molecule has 0 saturated carbocycles. The van der Waals surface area contributed by atoms with Crippen molar-refractivity contribution in [3.63, 3.8) is 0 Å². The molecular formula is C12H14ClIN2O. The summed E-state index contributed by atoms with van der Waals surface area (Å²) in [6.07, 6.45) is 0. The Hall–Kier alpha value is -0.330. The molecule has 0 spiro atoms. The second-order valence-electron chi connectivity index (χ2n) is 4.32. The van der Waals surface area contributed by atoms with E-state index in [1.165, 1.54) is 0 Å². The Balaban J connectivity index is 2.02. The van der Waals surface area contributed by atoms with Crippen LogP contribution >= 0.6 is 34.2 Å². The number of amides is 1. The summed E-state index contributed by atoms with van der Waals surface area (Å²) >= 11 is 8.26. The van der Waals surface area contributed by atoms with Gasteiger partial charge >= 0.3 is 0 Å². The molecule has 92 valence electrons. The summed E-state index contributed by atoms with van der Waals surface area (Å²) in [5, 5.41) is 6.64. The van der Waals surface area contributed by atoms with Gasteiger partial charge in [-0.1, -0.05) is 18.5 Å². The van der Waals surface area contributed by atoms with Gasteiger partial charge in [0.05, 0.1) is 10.7 Å². The van der Waals surface area contributed by atoms with Crippen LogP contribution in [0.1, 0.15) is 6.92 Å². The topological polar surface area (TPSA) is 41.1 Å². The van der Waals surface area contributed by atoms with Crippen LogP contribution in [0.2, 0.25) is 5.02 Å². The predicted octanol–water partition coefficient (Wildman–Crippen LogP) is 2.74. The number of hydrogen-bond acceptors (Lipinski definition) is 2. The molecule has 1 aromatic rings. The summed E-state index contributed by atoms with van der Waals surface area (Å²) in [5.41, 5.74) is 0.691. The van der Waals surface area contributed by atoms with Crippen LogP contribution in [0.4, 0.5) is 5.69 Å². The second kappa shape index (κ2) is 5.54. The maximum Gasteiger partial charge on any atom is 0.227 e. The minimum atomic E-state index is 0.0200. The molecule has 17 heavy (non-hydrogen) atoms. The van der Waals surface area contributed by atoms with Crippen LogP contribution in [-0.4, -0.2) is 19.0 Å². The molecule has 0 aromatic heterocycles. The zero-order valence-electron chi connectivity index (χ0n) is 9.47. The lowest BCUT2D eigenvalue weighted by Gasteiger charge is -2.31. The summed E-state index contributed by atoms with van der Waals surface area (Å²) in [6.45, 7) is 3.81. The summed E-state index contributed by atoms with van der Waals surface area (Å²) < 4.78 is 1.06. The summed E-state index contributed by atoms with van der Waals surface area (Å²) in [7, 11) is 0. The lowest BCUT2D eigenvalue weighted by molar-refractivity contribution is -0.121. The van der Waals surface area contributed by atoms with Crippen LogP contribution in [0, 0.1) is 15.4 Å². The van der Waals surface area contributed by atoms with Gasteiger partial charge in [-0.2, -0.15) is 0 Å². The van der Waals surface area contributed by atoms with Gasteiger partial charge in [0.25, 0.3) is 0 Å². The summed E-state index contributed by atoms with van der Waals surface area (Å²) in [5.74, 6) is 0.504. The van der Waals surface area contributed by atoms with Crippen molar-refractivity contribution in [1.29, 1.82) is 0 Å². The monoisotopic (exact) mass is 364 g/mol. The summed E-state index contributed by atoms with van der Waals surface area (Å²) in [4.78, 5) is 12.0. The third-order valence-corrected chi connectivity index (χ3v) is 4.11. The average molecular weight is 365 g/mol. The molecule has 1 aliphatic rings. The van der Waals surface area contributed by atoms with Crippen LogP contribution in [0.5, 0.6) is 0 Å². The van der Waals surface area contributed by atoms with E-state index in [0.717, 1.165) is 16.7 Å². The van der Waals surface area contributed by atoms with Gasteiger partial charge in [-0.3, -0.25) is 4.79 Å². The third-order valence-electron chi connectivity index (χ3n) is 3.12. The standard InChI is InChI=1S/C12H14ClIN2O/c1-7(8-5-15-6-8)12(17)16-11-3-2-9(14)4-10(11)13/h2-4,7-8,15H,5-6H2,1H3,(H,16,17). The molecule has 1 heterocycles. The maximum absolute atomic E-state index is 12.0. The van der Waals surface area contributed by atoms with Crippen molar-refractivity contribution in [2.24, 2.45) is 11.8 Å². The molecule has 0 radical (unpaired) electrons. The molecule has 1 amide bonds. The molecule has 1 saturated heterocycles. The molecule has 0 bridgehead atoms. The van der Waals surface area contributed by atoms with Crippen molar-refractivity contribution in [2.75, 3.05) is 18.4 Å². The first-order chi connectivity index (χ1) is 8.08. The molecule has 1 aliphatic heterocycles. The van der Waals surface area contributed by atoms with Crippen molar-refractivity contribution in [3.8, 4) is 0 Å². The van der Waals surface area contributed by atoms with E-state index in [1.54, 1.807) is 0 Å². The predicted molar refractivity (Wildman–Crippen MR) is 78.3 cm³/mol. The van der Waals surface area contributed by atoms with Crippen LogP contribution in [0.15, 0.2) is 18.2 Å². The van der Waals surface area contributed by atoms with E-state index in [0.29, 0.717) is 16.6 Å². The van der Waals surface area contributed by atoms with Gasteiger partial charge in [0.2, 0.25) is 5.91 Å². The molecule has 1 atom stereocenters. The number of nitrogens with one attached hydrogen (secondary N) is 2. The highest BCUT2D eigenvalue weighted by atomic mass is 127. The Kier molecular flexibility index (Phi) is 4.27. The van der Waals surface area contributed by atoms with E-state index < -0.39 is 0 Å². The zero-order valence-corrected chi connectivity index (χ0v) is 12.4. The van der Waals surface area contributed by atoms with Gasteiger partial charge in [-0.25, -0.2) is 0 Å². The van der Waals surface area contributed by atoms with E-state index in [4.69, 9.17) is 11.6 Å². The largest absolute Gasteiger partial charge is 0.325 e. The molecule has 2 rings (SSSR count). The lowest BCUT2D eigenvalue weighted by Crippen LogP contribution is -2.48. The van der Waals surface area contributed by atoms with Crippen molar-refractivity contribution in [3.05, 3.63) is 26.8 Å². The number of rotatable bonds is 3. The number of carbonyl (C=O) groups excluding carboxylic acids is 1. The number of benzene rings is 1. The Bertz CT molecular complexity index is 435. The number of carbonyl (C=O) groups is 1. The smallest absolute Gasteiger partial charge is 0.227 e. The minimum Gasteiger partial charge on any atom is -0.325 e. The summed E-state index contributed by atoms with van der Waals surface area (Å²) in [6, 6.07) is 5.61. The van der Waals surface area contributed by atoms with Crippen molar-refractivity contribution < 1.29 is 4.79 Å². The number of hydrogen-bond donors (Lipinski definition) is 2. The van der Waals surface area contributed by atoms with Crippen LogP contribution in [0.25, 0.3) is 0 Å².